The van der Waals surface area contributed by atoms with Gasteiger partial charge in [-0.05, 0) is 37.8 Å². The summed E-state index contributed by atoms with van der Waals surface area (Å²) in [4.78, 5) is 43.1. The van der Waals surface area contributed by atoms with Crippen LogP contribution in [0.3, 0.4) is 0 Å². The molecular weight excluding hydrogens is 370 g/mol. The van der Waals surface area contributed by atoms with Crippen LogP contribution in [0.15, 0.2) is 18.3 Å². The second-order valence-corrected chi connectivity index (χ2v) is 7.45. The number of nitrogens with zero attached hydrogens (tertiary/aromatic N) is 3. The highest BCUT2D eigenvalue weighted by atomic mass is 35.5. The van der Waals surface area contributed by atoms with Crippen LogP contribution in [0.25, 0.3) is 0 Å². The first-order chi connectivity index (χ1) is 12.5. The van der Waals surface area contributed by atoms with Crippen LogP contribution in [0, 0.1) is 18.8 Å². The molecular formula is C18H24ClN5O3. The van der Waals surface area contributed by atoms with E-state index in [-0.39, 0.29) is 43.4 Å². The lowest BCUT2D eigenvalue weighted by molar-refractivity contribution is -0.122. The number of hydrogen-bond acceptors (Lipinski definition) is 5. The van der Waals surface area contributed by atoms with Gasteiger partial charge in [-0.1, -0.05) is 0 Å². The maximum Gasteiger partial charge on any atom is 0.325 e. The molecule has 0 unspecified atom stereocenters. The number of aryl methyl sites for hydroxylation is 1. The first kappa shape index (κ1) is 19.4. The van der Waals surface area contributed by atoms with Crippen LogP contribution < -0.4 is 15.5 Å². The molecule has 27 heavy (non-hydrogen) atoms. The van der Waals surface area contributed by atoms with E-state index in [1.165, 1.54) is 17.7 Å². The van der Waals surface area contributed by atoms with Crippen molar-refractivity contribution in [2.45, 2.75) is 25.8 Å². The van der Waals surface area contributed by atoms with Gasteiger partial charge in [0.25, 0.3) is 0 Å². The molecule has 2 N–H and O–H groups in total. The largest absolute Gasteiger partial charge is 0.369 e. The second kappa shape index (κ2) is 7.72. The van der Waals surface area contributed by atoms with Crippen LogP contribution in [0.4, 0.5) is 10.5 Å². The minimum absolute atomic E-state index is 0. The van der Waals surface area contributed by atoms with E-state index in [1.54, 1.807) is 0 Å². The van der Waals surface area contributed by atoms with Crippen molar-refractivity contribution in [2.24, 2.45) is 11.8 Å². The third kappa shape index (κ3) is 4.32. The molecule has 3 fully saturated rings. The maximum absolute atomic E-state index is 12.4. The average Bonchev–Trinajstić information content (AvgIpc) is 3.27. The summed E-state index contributed by atoms with van der Waals surface area (Å²) >= 11 is 0. The molecule has 3 aliphatic rings. The highest BCUT2D eigenvalue weighted by Crippen LogP contribution is 2.42. The molecule has 8 nitrogen and oxygen atoms in total. The first-order valence-electron chi connectivity index (χ1n) is 9.05. The fraction of sp³-hybridized carbons (Fsp3) is 0.556. The summed E-state index contributed by atoms with van der Waals surface area (Å²) in [5.41, 5.74) is 2.10. The molecule has 1 aromatic rings. The zero-order chi connectivity index (χ0) is 18.3. The molecule has 0 bridgehead atoms. The minimum Gasteiger partial charge on any atom is -0.369 e. The lowest BCUT2D eigenvalue weighted by Gasteiger charge is -2.21. The molecule has 146 valence electrons. The number of hydrogen-bond donors (Lipinski definition) is 2. The number of carbonyl (C=O) groups is 3. The Balaban J connectivity index is 0.00000210. The Morgan fingerprint density at radius 1 is 1.33 bits per heavy atom. The van der Waals surface area contributed by atoms with Crippen LogP contribution in [0.2, 0.25) is 0 Å². The fourth-order valence-electron chi connectivity index (χ4n) is 3.96. The van der Waals surface area contributed by atoms with E-state index < -0.39 is 6.03 Å². The molecule has 3 heterocycles. The summed E-state index contributed by atoms with van der Waals surface area (Å²) in [7, 11) is 0. The summed E-state index contributed by atoms with van der Waals surface area (Å²) in [5, 5.41) is 5.29. The Labute approximate surface area is 164 Å². The van der Waals surface area contributed by atoms with Gasteiger partial charge in [-0.3, -0.25) is 19.9 Å². The lowest BCUT2D eigenvalue weighted by Crippen LogP contribution is -2.46. The third-order valence-corrected chi connectivity index (χ3v) is 5.39. The predicted octanol–water partition coefficient (Wildman–Crippen LogP) is 0.695. The molecule has 4 rings (SSSR count). The topological polar surface area (TPSA) is 94.6 Å². The number of anilines is 1. The van der Waals surface area contributed by atoms with Gasteiger partial charge in [0.1, 0.15) is 13.1 Å². The van der Waals surface area contributed by atoms with Crippen molar-refractivity contribution in [2.75, 3.05) is 31.1 Å². The van der Waals surface area contributed by atoms with Crippen LogP contribution in [-0.2, 0) is 9.59 Å². The molecule has 0 spiro atoms. The summed E-state index contributed by atoms with van der Waals surface area (Å²) in [5.74, 6) is 0.503. The zero-order valence-corrected chi connectivity index (χ0v) is 16.0. The number of aromatic nitrogens is 1. The number of nitrogens with one attached hydrogen (secondary N) is 2. The van der Waals surface area contributed by atoms with E-state index in [0.717, 1.165) is 24.5 Å². The van der Waals surface area contributed by atoms with Gasteiger partial charge in [-0.15, -0.1) is 12.4 Å². The second-order valence-electron chi connectivity index (χ2n) is 7.45. The Morgan fingerprint density at radius 3 is 2.74 bits per heavy atom. The normalized spacial score (nSPS) is 24.6. The third-order valence-electron chi connectivity index (χ3n) is 5.39. The molecule has 1 aliphatic carbocycles. The summed E-state index contributed by atoms with van der Waals surface area (Å²) in [6.45, 7) is 3.51. The molecule has 0 radical (unpaired) electrons. The lowest BCUT2D eigenvalue weighted by atomic mass is 9.98. The van der Waals surface area contributed by atoms with Gasteiger partial charge >= 0.3 is 6.03 Å². The Kier molecular flexibility index (Phi) is 5.55. The Hall–Kier alpha value is -2.35. The van der Waals surface area contributed by atoms with E-state index >= 15 is 0 Å². The number of carbonyl (C=O) groups excluding carboxylic acids is 3. The van der Waals surface area contributed by atoms with E-state index in [1.807, 2.05) is 19.2 Å². The van der Waals surface area contributed by atoms with Crippen molar-refractivity contribution in [3.63, 3.8) is 0 Å². The first-order valence-corrected chi connectivity index (χ1v) is 9.05. The summed E-state index contributed by atoms with van der Waals surface area (Å²) in [6, 6.07) is 3.63. The van der Waals surface area contributed by atoms with E-state index in [4.69, 9.17) is 0 Å². The standard InChI is InChI=1S/C18H23N5O3.ClH/c1-11-6-13(4-5-19-11)22-7-14(12-2-3-12)15(8-22)20-16(24)9-23-10-17(25)21-18(23)26;/h4-6,12,14-15H,2-3,7-10H2,1H3,(H,20,24)(H,21,25,26);1H/t14-,15+;/m1./s1. The van der Waals surface area contributed by atoms with Crippen molar-refractivity contribution >= 4 is 35.9 Å². The molecule has 1 saturated carbocycles. The molecule has 2 aliphatic heterocycles. The van der Waals surface area contributed by atoms with Gasteiger partial charge in [0.15, 0.2) is 0 Å². The van der Waals surface area contributed by atoms with Gasteiger partial charge in [-0.2, -0.15) is 0 Å². The van der Waals surface area contributed by atoms with Crippen molar-refractivity contribution in [1.82, 2.24) is 20.5 Å². The van der Waals surface area contributed by atoms with E-state index in [0.29, 0.717) is 11.8 Å². The summed E-state index contributed by atoms with van der Waals surface area (Å²) in [6.07, 6.45) is 4.23. The molecule has 2 atom stereocenters. The number of rotatable bonds is 5. The van der Waals surface area contributed by atoms with E-state index in [9.17, 15) is 14.4 Å². The van der Waals surface area contributed by atoms with Crippen molar-refractivity contribution in [3.8, 4) is 0 Å². The number of amides is 4. The van der Waals surface area contributed by atoms with Gasteiger partial charge in [-0.25, -0.2) is 4.79 Å². The maximum atomic E-state index is 12.4. The molecule has 4 amide bonds. The number of imide groups is 1. The smallest absolute Gasteiger partial charge is 0.325 e. The predicted molar refractivity (Wildman–Crippen MR) is 102 cm³/mol. The van der Waals surface area contributed by atoms with Gasteiger partial charge < -0.3 is 15.1 Å². The Bertz CT molecular complexity index is 754. The van der Waals surface area contributed by atoms with Crippen LogP contribution >= 0.6 is 12.4 Å². The number of pyridine rings is 1. The highest BCUT2D eigenvalue weighted by molar-refractivity contribution is 6.03. The molecule has 9 heteroatoms. The van der Waals surface area contributed by atoms with Crippen LogP contribution in [0.1, 0.15) is 18.5 Å². The quantitative estimate of drug-likeness (QED) is 0.718. The van der Waals surface area contributed by atoms with Crippen molar-refractivity contribution in [3.05, 3.63) is 24.0 Å². The highest BCUT2D eigenvalue weighted by Gasteiger charge is 2.43. The van der Waals surface area contributed by atoms with Gasteiger partial charge in [0.2, 0.25) is 11.8 Å². The summed E-state index contributed by atoms with van der Waals surface area (Å²) < 4.78 is 0. The average molecular weight is 394 g/mol. The Morgan fingerprint density at radius 2 is 2.11 bits per heavy atom. The zero-order valence-electron chi connectivity index (χ0n) is 15.2. The molecule has 0 aromatic carbocycles. The fourth-order valence-corrected chi connectivity index (χ4v) is 3.96. The van der Waals surface area contributed by atoms with Crippen LogP contribution in [-0.4, -0.2) is 60.0 Å². The monoisotopic (exact) mass is 393 g/mol. The van der Waals surface area contributed by atoms with E-state index in [2.05, 4.69) is 26.6 Å². The van der Waals surface area contributed by atoms with Crippen molar-refractivity contribution in [1.29, 1.82) is 0 Å². The van der Waals surface area contributed by atoms with Crippen molar-refractivity contribution < 1.29 is 14.4 Å². The molecule has 2 saturated heterocycles. The van der Waals surface area contributed by atoms with Crippen LogP contribution in [0.5, 0.6) is 0 Å². The van der Waals surface area contributed by atoms with Gasteiger partial charge in [0, 0.05) is 36.6 Å². The SMILES string of the molecule is Cc1cc(N2C[C@H](NC(=O)CN3CC(=O)NC3=O)[C@@H](C3CC3)C2)ccn1.Cl. The molecule has 1 aromatic heterocycles. The number of urea groups is 1. The van der Waals surface area contributed by atoms with Gasteiger partial charge in [0.05, 0.1) is 6.04 Å². The minimum atomic E-state index is -0.496. The number of halogens is 1.